The van der Waals surface area contributed by atoms with Crippen molar-refractivity contribution in [2.75, 3.05) is 6.54 Å². The highest BCUT2D eigenvalue weighted by Crippen LogP contribution is 2.29. The van der Waals surface area contributed by atoms with E-state index >= 15 is 0 Å². The number of aliphatic hydroxyl groups excluding tert-OH is 1. The second kappa shape index (κ2) is 9.45. The first-order chi connectivity index (χ1) is 14.0. The lowest BCUT2D eigenvalue weighted by Crippen LogP contribution is -2.33. The normalized spacial score (nSPS) is 13.1. The SMILES string of the molecule is CC(=O)Oc1ccc(C(=O)CCNC(C)C(O)c2ccccc2)c2ccccc12. The fraction of sp³-hybridized carbons (Fsp3) is 0.250. The minimum atomic E-state index is -0.643. The molecule has 0 aromatic heterocycles. The third kappa shape index (κ3) is 5.08. The van der Waals surface area contributed by atoms with Crippen molar-refractivity contribution in [1.29, 1.82) is 0 Å². The fourth-order valence-electron chi connectivity index (χ4n) is 3.36. The Morgan fingerprint density at radius 1 is 0.966 bits per heavy atom. The number of carbonyl (C=O) groups excluding carboxylic acids is 2. The first-order valence-electron chi connectivity index (χ1n) is 9.67. The lowest BCUT2D eigenvalue weighted by atomic mass is 9.98. The van der Waals surface area contributed by atoms with Crippen LogP contribution in [0.4, 0.5) is 0 Å². The van der Waals surface area contributed by atoms with Gasteiger partial charge in [0.15, 0.2) is 5.78 Å². The van der Waals surface area contributed by atoms with E-state index in [1.807, 2.05) is 61.5 Å². The van der Waals surface area contributed by atoms with E-state index in [9.17, 15) is 14.7 Å². The van der Waals surface area contributed by atoms with E-state index < -0.39 is 12.1 Å². The van der Waals surface area contributed by atoms with Gasteiger partial charge in [-0.15, -0.1) is 0 Å². The smallest absolute Gasteiger partial charge is 0.308 e. The van der Waals surface area contributed by atoms with Gasteiger partial charge in [0.1, 0.15) is 5.75 Å². The number of esters is 1. The van der Waals surface area contributed by atoms with Gasteiger partial charge in [-0.3, -0.25) is 9.59 Å². The molecule has 0 saturated heterocycles. The maximum Gasteiger partial charge on any atom is 0.308 e. The number of ketones is 1. The zero-order chi connectivity index (χ0) is 20.8. The molecule has 0 saturated carbocycles. The summed E-state index contributed by atoms with van der Waals surface area (Å²) < 4.78 is 5.25. The van der Waals surface area contributed by atoms with Gasteiger partial charge in [-0.05, 0) is 30.0 Å². The van der Waals surface area contributed by atoms with Gasteiger partial charge in [-0.25, -0.2) is 0 Å². The molecule has 0 amide bonds. The zero-order valence-electron chi connectivity index (χ0n) is 16.6. The summed E-state index contributed by atoms with van der Waals surface area (Å²) >= 11 is 0. The van der Waals surface area contributed by atoms with Crippen LogP contribution in [0.25, 0.3) is 10.8 Å². The summed E-state index contributed by atoms with van der Waals surface area (Å²) in [6, 6.07) is 20.0. The van der Waals surface area contributed by atoms with Crippen molar-refractivity contribution in [2.24, 2.45) is 0 Å². The van der Waals surface area contributed by atoms with Gasteiger partial charge in [0.2, 0.25) is 0 Å². The van der Waals surface area contributed by atoms with Gasteiger partial charge < -0.3 is 15.2 Å². The summed E-state index contributed by atoms with van der Waals surface area (Å²) in [6.45, 7) is 3.69. The van der Waals surface area contributed by atoms with Gasteiger partial charge in [-0.1, -0.05) is 54.6 Å². The molecule has 2 N–H and O–H groups in total. The number of benzene rings is 3. The predicted octanol–water partition coefficient (Wildman–Crippen LogP) is 4.05. The van der Waals surface area contributed by atoms with E-state index in [1.54, 1.807) is 12.1 Å². The summed E-state index contributed by atoms with van der Waals surface area (Å²) in [7, 11) is 0. The molecule has 3 rings (SSSR count). The van der Waals surface area contributed by atoms with Gasteiger partial charge >= 0.3 is 5.97 Å². The molecule has 0 aliphatic rings. The Bertz CT molecular complexity index is 1000. The molecule has 0 radical (unpaired) electrons. The molecule has 0 spiro atoms. The van der Waals surface area contributed by atoms with E-state index in [0.717, 1.165) is 16.3 Å². The molecule has 0 aliphatic heterocycles. The van der Waals surface area contributed by atoms with Gasteiger partial charge in [0.25, 0.3) is 0 Å². The quantitative estimate of drug-likeness (QED) is 0.344. The van der Waals surface area contributed by atoms with Gasteiger partial charge in [0.05, 0.1) is 6.10 Å². The number of nitrogens with one attached hydrogen (secondary N) is 1. The molecule has 0 aliphatic carbocycles. The van der Waals surface area contributed by atoms with Gasteiger partial charge in [-0.2, -0.15) is 0 Å². The molecule has 29 heavy (non-hydrogen) atoms. The maximum absolute atomic E-state index is 12.8. The Hall–Kier alpha value is -3.02. The number of carbonyl (C=O) groups is 2. The minimum absolute atomic E-state index is 0.00974. The summed E-state index contributed by atoms with van der Waals surface area (Å²) in [5.74, 6) is 0.0382. The number of Topliss-reactive ketones (excluding diaryl/α,β-unsaturated/α-hetero) is 1. The van der Waals surface area contributed by atoms with Crippen molar-refractivity contribution in [3.8, 4) is 5.75 Å². The number of ether oxygens (including phenoxy) is 1. The van der Waals surface area contributed by atoms with Crippen LogP contribution < -0.4 is 10.1 Å². The molecule has 0 bridgehead atoms. The van der Waals surface area contributed by atoms with Crippen molar-refractivity contribution in [1.82, 2.24) is 5.32 Å². The molecule has 5 nitrogen and oxygen atoms in total. The van der Waals surface area contributed by atoms with Crippen LogP contribution in [-0.4, -0.2) is 29.4 Å². The third-order valence-electron chi connectivity index (χ3n) is 4.87. The van der Waals surface area contributed by atoms with Crippen LogP contribution in [0.1, 0.15) is 42.3 Å². The Labute approximate surface area is 170 Å². The summed E-state index contributed by atoms with van der Waals surface area (Å²) in [5.41, 5.74) is 1.43. The lowest BCUT2D eigenvalue weighted by molar-refractivity contribution is -0.131. The monoisotopic (exact) mass is 391 g/mol. The van der Waals surface area contributed by atoms with E-state index in [4.69, 9.17) is 4.74 Å². The minimum Gasteiger partial charge on any atom is -0.426 e. The van der Waals surface area contributed by atoms with Crippen molar-refractivity contribution < 1.29 is 19.4 Å². The molecule has 0 heterocycles. The van der Waals surface area contributed by atoms with Gasteiger partial charge in [0, 0.05) is 36.9 Å². The second-order valence-electron chi connectivity index (χ2n) is 7.02. The highest BCUT2D eigenvalue weighted by atomic mass is 16.5. The Kier molecular flexibility index (Phi) is 6.75. The number of hydrogen-bond acceptors (Lipinski definition) is 5. The van der Waals surface area contributed by atoms with Crippen LogP contribution in [0.2, 0.25) is 0 Å². The fourth-order valence-corrected chi connectivity index (χ4v) is 3.36. The Balaban J connectivity index is 1.67. The summed E-state index contributed by atoms with van der Waals surface area (Å²) in [5, 5.41) is 15.1. The topological polar surface area (TPSA) is 75.6 Å². The van der Waals surface area contributed by atoms with E-state index in [1.165, 1.54) is 6.92 Å². The Morgan fingerprint density at radius 2 is 1.62 bits per heavy atom. The molecule has 2 atom stereocenters. The van der Waals surface area contributed by atoms with Crippen LogP contribution in [0.15, 0.2) is 66.7 Å². The second-order valence-corrected chi connectivity index (χ2v) is 7.02. The molecular weight excluding hydrogens is 366 g/mol. The van der Waals surface area contributed by atoms with E-state index in [2.05, 4.69) is 5.32 Å². The third-order valence-corrected chi connectivity index (χ3v) is 4.87. The Morgan fingerprint density at radius 3 is 2.31 bits per heavy atom. The summed E-state index contributed by atoms with van der Waals surface area (Å²) in [6.07, 6.45) is -0.349. The number of fused-ring (bicyclic) bond motifs is 1. The molecule has 0 fully saturated rings. The maximum atomic E-state index is 12.8. The predicted molar refractivity (Wildman–Crippen MR) is 113 cm³/mol. The van der Waals surface area contributed by atoms with Crippen LogP contribution in [0.3, 0.4) is 0 Å². The highest BCUT2D eigenvalue weighted by Gasteiger charge is 2.17. The first-order valence-corrected chi connectivity index (χ1v) is 9.67. The zero-order valence-corrected chi connectivity index (χ0v) is 16.6. The summed E-state index contributed by atoms with van der Waals surface area (Å²) in [4.78, 5) is 24.1. The van der Waals surface area contributed by atoms with Crippen molar-refractivity contribution in [3.63, 3.8) is 0 Å². The number of hydrogen-bond donors (Lipinski definition) is 2. The molecule has 3 aromatic carbocycles. The van der Waals surface area contributed by atoms with Crippen LogP contribution in [-0.2, 0) is 4.79 Å². The van der Waals surface area contributed by atoms with Crippen LogP contribution >= 0.6 is 0 Å². The molecule has 150 valence electrons. The molecule has 2 unspecified atom stereocenters. The first kappa shape index (κ1) is 20.7. The van der Waals surface area contributed by atoms with Crippen molar-refractivity contribution in [2.45, 2.75) is 32.4 Å². The number of aliphatic hydroxyl groups is 1. The van der Waals surface area contributed by atoms with Crippen LogP contribution in [0.5, 0.6) is 5.75 Å². The lowest BCUT2D eigenvalue weighted by Gasteiger charge is -2.20. The molecular formula is C24H25NO4. The van der Waals surface area contributed by atoms with Crippen molar-refractivity contribution in [3.05, 3.63) is 77.9 Å². The average Bonchev–Trinajstić information content (AvgIpc) is 2.73. The van der Waals surface area contributed by atoms with E-state index in [0.29, 0.717) is 24.3 Å². The highest BCUT2D eigenvalue weighted by molar-refractivity contribution is 6.09. The molecule has 5 heteroatoms. The molecule has 3 aromatic rings. The van der Waals surface area contributed by atoms with Crippen LogP contribution in [0, 0.1) is 0 Å². The average molecular weight is 391 g/mol. The van der Waals surface area contributed by atoms with E-state index in [-0.39, 0.29) is 11.8 Å². The van der Waals surface area contributed by atoms with Crippen molar-refractivity contribution >= 4 is 22.5 Å². The largest absolute Gasteiger partial charge is 0.426 e. The number of rotatable bonds is 8. The standard InChI is InChI=1S/C24H25NO4/c1-16(24(28)18-8-4-3-5-9-18)25-15-14-22(27)20-12-13-23(29-17(2)26)21-11-7-6-10-19(20)21/h3-13,16,24-25,28H,14-15H2,1-2H3.